The summed E-state index contributed by atoms with van der Waals surface area (Å²) < 4.78 is 0. The van der Waals surface area contributed by atoms with Crippen molar-refractivity contribution in [1.82, 2.24) is 0 Å². The second kappa shape index (κ2) is 9.45. The fourth-order valence-corrected chi connectivity index (χ4v) is 8.71. The van der Waals surface area contributed by atoms with Gasteiger partial charge in [0.25, 0.3) is 0 Å². The van der Waals surface area contributed by atoms with Crippen LogP contribution in [0.3, 0.4) is 0 Å². The Morgan fingerprint density at radius 2 is 1.00 bits per heavy atom. The topological polar surface area (TPSA) is 0 Å². The minimum absolute atomic E-state index is 0.469. The average Bonchev–Trinajstić information content (AvgIpc) is 2.21. The Morgan fingerprint density at radius 3 is 1.21 bits per heavy atom. The van der Waals surface area contributed by atoms with E-state index in [2.05, 4.69) is 42.5 Å². The zero-order valence-electron chi connectivity index (χ0n) is 10.3. The summed E-state index contributed by atoms with van der Waals surface area (Å²) in [5, 5.41) is 0. The molecule has 2 heteroatoms. The summed E-state index contributed by atoms with van der Waals surface area (Å²) in [6.45, 7) is 6.99. The van der Waals surface area contributed by atoms with Gasteiger partial charge in [-0.1, -0.05) is 0 Å². The number of hydrogen-bond acceptors (Lipinski definition) is 0. The quantitative estimate of drug-likeness (QED) is 0.438. The van der Waals surface area contributed by atoms with E-state index in [1.165, 1.54) is 38.5 Å². The third-order valence-corrected chi connectivity index (χ3v) is 11.4. The van der Waals surface area contributed by atoms with Crippen LogP contribution in [0.15, 0.2) is 0 Å². The molecule has 0 aromatic carbocycles. The standard InChI is InChI=1S/C12H28PTe/c1-4-7-10-13(14,11-8-5-2)12-9-6-3/h14H,4-12H2,1-3H3/q+1. The third-order valence-electron chi connectivity index (χ3n) is 2.78. The van der Waals surface area contributed by atoms with E-state index in [-0.39, 0.29) is 0 Å². The van der Waals surface area contributed by atoms with Crippen LogP contribution >= 0.6 is 4.95 Å². The van der Waals surface area contributed by atoms with Crippen LogP contribution in [-0.2, 0) is 0 Å². The fraction of sp³-hybridized carbons (Fsp3) is 1.00. The molecule has 14 heavy (non-hydrogen) atoms. The van der Waals surface area contributed by atoms with Gasteiger partial charge < -0.3 is 0 Å². The van der Waals surface area contributed by atoms with Crippen molar-refractivity contribution in [3.05, 3.63) is 0 Å². The predicted molar refractivity (Wildman–Crippen MR) is 73.4 cm³/mol. The van der Waals surface area contributed by atoms with E-state index in [4.69, 9.17) is 0 Å². The molecule has 0 nitrogen and oxygen atoms in total. The van der Waals surface area contributed by atoms with Crippen LogP contribution in [0.25, 0.3) is 0 Å². The van der Waals surface area contributed by atoms with Crippen molar-refractivity contribution in [2.75, 3.05) is 18.5 Å². The van der Waals surface area contributed by atoms with Gasteiger partial charge >= 0.3 is 104 Å². The number of rotatable bonds is 9. The van der Waals surface area contributed by atoms with Gasteiger partial charge in [0, 0.05) is 0 Å². The van der Waals surface area contributed by atoms with E-state index in [1.54, 1.807) is 18.5 Å². The molecule has 0 radical (unpaired) electrons. The van der Waals surface area contributed by atoms with Crippen molar-refractivity contribution >= 4 is 26.7 Å². The predicted octanol–water partition coefficient (Wildman–Crippen LogP) is 4.22. The Labute approximate surface area is 104 Å². The first-order chi connectivity index (χ1) is 6.68. The molecular formula is C12H28PTe+. The summed E-state index contributed by atoms with van der Waals surface area (Å²) in [6.07, 6.45) is 13.4. The second-order valence-corrected chi connectivity index (χ2v) is 15.1. The third kappa shape index (κ3) is 7.50. The van der Waals surface area contributed by atoms with Crippen molar-refractivity contribution in [3.8, 4) is 0 Å². The van der Waals surface area contributed by atoms with E-state index < -0.39 is 4.95 Å². The molecule has 0 aromatic rings. The molecule has 0 saturated heterocycles. The van der Waals surface area contributed by atoms with Gasteiger partial charge in [0.05, 0.1) is 0 Å². The van der Waals surface area contributed by atoms with Crippen LogP contribution in [0.1, 0.15) is 59.3 Å². The van der Waals surface area contributed by atoms with Crippen LogP contribution in [0.2, 0.25) is 0 Å². The molecule has 0 bridgehead atoms. The van der Waals surface area contributed by atoms with Gasteiger partial charge in [-0.15, -0.1) is 0 Å². The summed E-state index contributed by atoms with van der Waals surface area (Å²) >= 11 is 2.22. The van der Waals surface area contributed by atoms with Crippen LogP contribution in [-0.4, -0.2) is 40.2 Å². The maximum absolute atomic E-state index is 2.33. The van der Waals surface area contributed by atoms with Gasteiger partial charge in [-0.25, -0.2) is 0 Å². The maximum atomic E-state index is 2.33. The molecule has 0 aliphatic carbocycles. The van der Waals surface area contributed by atoms with E-state index in [0.29, 0.717) is 0 Å². The van der Waals surface area contributed by atoms with Gasteiger partial charge in [-0.2, -0.15) is 0 Å². The molecule has 0 amide bonds. The van der Waals surface area contributed by atoms with E-state index in [9.17, 15) is 0 Å². The van der Waals surface area contributed by atoms with Crippen molar-refractivity contribution < 1.29 is 0 Å². The van der Waals surface area contributed by atoms with Crippen molar-refractivity contribution in [2.24, 2.45) is 0 Å². The Balaban J connectivity index is 3.89. The molecule has 0 rings (SSSR count). The molecule has 0 aromatic heterocycles. The molecule has 0 aliphatic heterocycles. The first-order valence-electron chi connectivity index (χ1n) is 6.27. The summed E-state index contributed by atoms with van der Waals surface area (Å²) in [5.74, 6) is 0. The molecule has 0 atom stereocenters. The SMILES string of the molecule is CCCC[P+]([TeH])(CCCC)CCCC. The monoisotopic (exact) mass is 333 g/mol. The van der Waals surface area contributed by atoms with Crippen LogP contribution < -0.4 is 0 Å². The second-order valence-electron chi connectivity index (χ2n) is 4.33. The molecule has 0 aliphatic rings. The van der Waals surface area contributed by atoms with Gasteiger partial charge in [-0.3, -0.25) is 0 Å². The summed E-state index contributed by atoms with van der Waals surface area (Å²) in [5.41, 5.74) is 0. The fourth-order valence-electron chi connectivity index (χ4n) is 1.69. The number of hydrogen-bond donors (Lipinski definition) is 0. The Bertz CT molecular complexity index is 104. The van der Waals surface area contributed by atoms with Crippen molar-refractivity contribution in [3.63, 3.8) is 0 Å². The summed E-state index contributed by atoms with van der Waals surface area (Å²) in [6, 6.07) is 0. The van der Waals surface area contributed by atoms with Crippen molar-refractivity contribution in [1.29, 1.82) is 0 Å². The zero-order chi connectivity index (χ0) is 10.9. The van der Waals surface area contributed by atoms with Gasteiger partial charge in [0.2, 0.25) is 0 Å². The van der Waals surface area contributed by atoms with Gasteiger partial charge in [0.15, 0.2) is 0 Å². The van der Waals surface area contributed by atoms with E-state index in [0.717, 1.165) is 0 Å². The molecule has 86 valence electrons. The molecule has 0 spiro atoms. The minimum atomic E-state index is -0.469. The van der Waals surface area contributed by atoms with Gasteiger partial charge in [-0.05, 0) is 0 Å². The molecule has 0 unspecified atom stereocenters. The van der Waals surface area contributed by atoms with Gasteiger partial charge in [0.1, 0.15) is 0 Å². The number of unbranched alkanes of at least 4 members (excludes halogenated alkanes) is 3. The van der Waals surface area contributed by atoms with Crippen LogP contribution in [0.4, 0.5) is 0 Å². The van der Waals surface area contributed by atoms with E-state index >= 15 is 0 Å². The molecular weight excluding hydrogens is 303 g/mol. The zero-order valence-corrected chi connectivity index (χ0v) is 13.7. The molecule has 0 N–H and O–H groups in total. The van der Waals surface area contributed by atoms with Crippen LogP contribution in [0, 0.1) is 0 Å². The Morgan fingerprint density at radius 1 is 0.714 bits per heavy atom. The van der Waals surface area contributed by atoms with E-state index in [1.807, 2.05) is 0 Å². The Hall–Kier alpha value is 1.22. The first kappa shape index (κ1) is 15.2. The normalized spacial score (nSPS) is 12.0. The van der Waals surface area contributed by atoms with Crippen molar-refractivity contribution in [2.45, 2.75) is 59.3 Å². The summed E-state index contributed by atoms with van der Waals surface area (Å²) in [4.78, 5) is -0.469. The average molecular weight is 331 g/mol. The summed E-state index contributed by atoms with van der Waals surface area (Å²) in [7, 11) is 0. The molecule has 0 fully saturated rings. The molecule has 0 saturated carbocycles. The molecule has 0 heterocycles. The Kier molecular flexibility index (Phi) is 10.3. The first-order valence-corrected chi connectivity index (χ1v) is 12.0. The van der Waals surface area contributed by atoms with Crippen LogP contribution in [0.5, 0.6) is 0 Å².